The molecule has 0 saturated carbocycles. The third-order valence-corrected chi connectivity index (χ3v) is 5.35. The lowest BCUT2D eigenvalue weighted by Crippen LogP contribution is -1.98. The van der Waals surface area contributed by atoms with Gasteiger partial charge < -0.3 is 9.84 Å². The number of aliphatic hydroxyl groups excluding tert-OH is 1. The minimum Gasteiger partial charge on any atom is -0.388 e. The summed E-state index contributed by atoms with van der Waals surface area (Å²) in [6.45, 7) is 0.780. The second-order valence-electron chi connectivity index (χ2n) is 7.67. The largest absolute Gasteiger partial charge is 0.388 e. The lowest BCUT2D eigenvalue weighted by Gasteiger charge is -2.12. The highest BCUT2D eigenvalue weighted by molar-refractivity contribution is 6.06. The number of unbranched alkanes of at least 4 members (excludes halogenated alkanes) is 2. The van der Waals surface area contributed by atoms with Gasteiger partial charge in [0.05, 0.1) is 6.10 Å². The number of carbonyl (C=O) groups is 1. The number of ketones is 1. The molecule has 1 unspecified atom stereocenters. The molecule has 0 spiro atoms. The molecular weight excluding hydrogens is 384 g/mol. The molecule has 3 nitrogen and oxygen atoms in total. The Morgan fingerprint density at radius 2 is 1.52 bits per heavy atom. The third-order valence-electron chi connectivity index (χ3n) is 5.35. The fraction of sp³-hybridized carbons (Fsp3) is 0.250. The minimum atomic E-state index is -0.425. The summed E-state index contributed by atoms with van der Waals surface area (Å²) in [6, 6.07) is 25.5. The van der Waals surface area contributed by atoms with Gasteiger partial charge in [0.2, 0.25) is 0 Å². The molecule has 0 amide bonds. The summed E-state index contributed by atoms with van der Waals surface area (Å²) in [6.07, 6.45) is 6.89. The number of carbonyl (C=O) groups excluding carboxylic acids is 1. The van der Waals surface area contributed by atoms with E-state index in [1.165, 1.54) is 0 Å². The van der Waals surface area contributed by atoms with Crippen molar-refractivity contribution >= 4 is 11.9 Å². The highest BCUT2D eigenvalue weighted by Crippen LogP contribution is 2.25. The van der Waals surface area contributed by atoms with E-state index in [1.54, 1.807) is 13.2 Å². The van der Waals surface area contributed by atoms with E-state index in [9.17, 15) is 9.90 Å². The van der Waals surface area contributed by atoms with E-state index in [2.05, 4.69) is 0 Å². The van der Waals surface area contributed by atoms with Gasteiger partial charge in [-0.1, -0.05) is 97.8 Å². The van der Waals surface area contributed by atoms with E-state index < -0.39 is 6.10 Å². The van der Waals surface area contributed by atoms with Crippen LogP contribution in [0.5, 0.6) is 0 Å². The number of methoxy groups -OCH3 is 1. The molecule has 0 aliphatic carbocycles. The van der Waals surface area contributed by atoms with E-state index in [-0.39, 0.29) is 5.78 Å². The highest BCUT2D eigenvalue weighted by atomic mass is 16.5. The van der Waals surface area contributed by atoms with Crippen molar-refractivity contribution in [3.05, 3.63) is 102 Å². The summed E-state index contributed by atoms with van der Waals surface area (Å²) in [4.78, 5) is 12.2. The number of rotatable bonds is 11. The Balaban J connectivity index is 1.56. The molecule has 0 fully saturated rings. The summed E-state index contributed by atoms with van der Waals surface area (Å²) in [5.74, 6) is -0.00230. The van der Waals surface area contributed by atoms with Crippen molar-refractivity contribution in [2.24, 2.45) is 0 Å². The number of allylic oxidation sites excluding steroid dienone is 1. The maximum atomic E-state index is 12.2. The highest BCUT2D eigenvalue weighted by Gasteiger charge is 2.08. The number of ether oxygens (including phenoxy) is 1. The Morgan fingerprint density at radius 1 is 0.871 bits per heavy atom. The Bertz CT molecular complexity index is 957. The number of hydrogen-bond donors (Lipinski definition) is 1. The van der Waals surface area contributed by atoms with Crippen LogP contribution in [-0.2, 0) is 4.74 Å². The van der Waals surface area contributed by atoms with E-state index in [4.69, 9.17) is 4.74 Å². The second kappa shape index (κ2) is 12.0. The molecule has 31 heavy (non-hydrogen) atoms. The Morgan fingerprint density at radius 3 is 2.16 bits per heavy atom. The number of aliphatic hydroxyl groups is 1. The molecule has 0 aliphatic heterocycles. The molecule has 160 valence electrons. The monoisotopic (exact) mass is 414 g/mol. The van der Waals surface area contributed by atoms with E-state index in [0.717, 1.165) is 54.5 Å². The first-order valence-electron chi connectivity index (χ1n) is 10.8. The van der Waals surface area contributed by atoms with Crippen molar-refractivity contribution in [1.82, 2.24) is 0 Å². The molecule has 3 rings (SSSR count). The normalized spacial score (nSPS) is 12.2. The maximum absolute atomic E-state index is 12.2. The fourth-order valence-electron chi connectivity index (χ4n) is 3.48. The van der Waals surface area contributed by atoms with Crippen LogP contribution in [0.2, 0.25) is 0 Å². The summed E-state index contributed by atoms with van der Waals surface area (Å²) < 4.78 is 5.06. The van der Waals surface area contributed by atoms with Crippen LogP contribution in [0.25, 0.3) is 17.2 Å². The first-order valence-corrected chi connectivity index (χ1v) is 10.8. The summed E-state index contributed by atoms with van der Waals surface area (Å²) >= 11 is 0. The van der Waals surface area contributed by atoms with Crippen LogP contribution in [0.1, 0.15) is 53.3 Å². The van der Waals surface area contributed by atoms with Crippen LogP contribution >= 0.6 is 0 Å². The number of benzene rings is 3. The van der Waals surface area contributed by atoms with E-state index >= 15 is 0 Å². The quantitative estimate of drug-likeness (QED) is 0.222. The predicted octanol–water partition coefficient (Wildman–Crippen LogP) is 6.49. The van der Waals surface area contributed by atoms with Crippen LogP contribution in [-0.4, -0.2) is 24.6 Å². The first-order chi connectivity index (χ1) is 15.2. The average Bonchev–Trinajstić information content (AvgIpc) is 2.83. The van der Waals surface area contributed by atoms with Crippen LogP contribution in [0.4, 0.5) is 0 Å². The molecule has 3 aromatic rings. The lowest BCUT2D eigenvalue weighted by molar-refractivity contribution is 0.104. The van der Waals surface area contributed by atoms with Gasteiger partial charge in [-0.2, -0.15) is 0 Å². The van der Waals surface area contributed by atoms with Gasteiger partial charge in [0.1, 0.15) is 0 Å². The summed E-state index contributed by atoms with van der Waals surface area (Å²) in [5.41, 5.74) is 4.83. The van der Waals surface area contributed by atoms with Crippen molar-refractivity contribution in [2.75, 3.05) is 13.7 Å². The van der Waals surface area contributed by atoms with Gasteiger partial charge in [0, 0.05) is 19.3 Å². The maximum Gasteiger partial charge on any atom is 0.185 e. The van der Waals surface area contributed by atoms with Crippen molar-refractivity contribution in [2.45, 2.75) is 31.8 Å². The SMILES string of the molecule is COCCCCCC(O)c1ccc(-c2ccc(C=CC(=O)c3ccccc3)cc2)cc1. The number of hydrogen-bond acceptors (Lipinski definition) is 3. The van der Waals surface area contributed by atoms with E-state index in [1.807, 2.05) is 84.9 Å². The van der Waals surface area contributed by atoms with Crippen molar-refractivity contribution in [1.29, 1.82) is 0 Å². The lowest BCUT2D eigenvalue weighted by atomic mass is 9.98. The summed E-state index contributed by atoms with van der Waals surface area (Å²) in [7, 11) is 1.72. The molecule has 0 aliphatic rings. The van der Waals surface area contributed by atoms with Gasteiger partial charge in [-0.15, -0.1) is 0 Å². The standard InChI is InChI=1S/C28H30O3/c1-31-21-7-3-6-10-27(29)26-18-16-24(17-19-26)23-14-11-22(12-15-23)13-20-28(30)25-8-4-2-5-9-25/h2,4-5,8-9,11-20,27,29H,3,6-7,10,21H2,1H3. The molecule has 3 aromatic carbocycles. The van der Waals surface area contributed by atoms with Crippen LogP contribution in [0.15, 0.2) is 84.9 Å². The Hall–Kier alpha value is -3.01. The van der Waals surface area contributed by atoms with Crippen molar-refractivity contribution in [3.63, 3.8) is 0 Å². The molecule has 0 saturated heterocycles. The summed E-state index contributed by atoms with van der Waals surface area (Å²) in [5, 5.41) is 10.4. The molecule has 0 bridgehead atoms. The zero-order valence-corrected chi connectivity index (χ0v) is 18.0. The van der Waals surface area contributed by atoms with Crippen LogP contribution < -0.4 is 0 Å². The fourth-order valence-corrected chi connectivity index (χ4v) is 3.48. The topological polar surface area (TPSA) is 46.5 Å². The van der Waals surface area contributed by atoms with Crippen LogP contribution in [0.3, 0.4) is 0 Å². The zero-order chi connectivity index (χ0) is 21.9. The Kier molecular flexibility index (Phi) is 8.77. The third kappa shape index (κ3) is 7.02. The molecule has 0 heterocycles. The predicted molar refractivity (Wildman–Crippen MR) is 127 cm³/mol. The van der Waals surface area contributed by atoms with Crippen LogP contribution in [0, 0.1) is 0 Å². The molecule has 1 N–H and O–H groups in total. The molecule has 0 aromatic heterocycles. The zero-order valence-electron chi connectivity index (χ0n) is 18.0. The van der Waals surface area contributed by atoms with Gasteiger partial charge in [-0.25, -0.2) is 0 Å². The van der Waals surface area contributed by atoms with Gasteiger partial charge in [-0.05, 0) is 41.2 Å². The van der Waals surface area contributed by atoms with Crippen molar-refractivity contribution < 1.29 is 14.6 Å². The average molecular weight is 415 g/mol. The molecular formula is C28H30O3. The van der Waals surface area contributed by atoms with Gasteiger partial charge >= 0.3 is 0 Å². The Labute approximate surface area is 185 Å². The minimum absolute atomic E-state index is 0.00230. The second-order valence-corrected chi connectivity index (χ2v) is 7.67. The van der Waals surface area contributed by atoms with Gasteiger partial charge in [0.25, 0.3) is 0 Å². The van der Waals surface area contributed by atoms with E-state index in [0.29, 0.717) is 5.56 Å². The van der Waals surface area contributed by atoms with Gasteiger partial charge in [0.15, 0.2) is 5.78 Å². The molecule has 3 heteroatoms. The molecule has 1 atom stereocenters. The first kappa shape index (κ1) is 22.7. The van der Waals surface area contributed by atoms with Crippen molar-refractivity contribution in [3.8, 4) is 11.1 Å². The molecule has 0 radical (unpaired) electrons. The van der Waals surface area contributed by atoms with Gasteiger partial charge in [-0.3, -0.25) is 4.79 Å². The smallest absolute Gasteiger partial charge is 0.185 e.